The van der Waals surface area contributed by atoms with Crippen molar-refractivity contribution in [1.82, 2.24) is 0 Å². The van der Waals surface area contributed by atoms with Crippen LogP contribution in [0.15, 0.2) is 16.7 Å². The molecule has 1 aliphatic rings. The molecule has 0 aromatic heterocycles. The van der Waals surface area contributed by atoms with Crippen LogP contribution in [0.5, 0.6) is 0 Å². The summed E-state index contributed by atoms with van der Waals surface area (Å²) in [4.78, 5) is 9.72. The van der Waals surface area contributed by atoms with Gasteiger partial charge in [0.25, 0.3) is 11.4 Å². The Morgan fingerprint density at radius 3 is 1.00 bits per heavy atom. The van der Waals surface area contributed by atoms with Crippen molar-refractivity contribution in [2.75, 3.05) is 0 Å². The van der Waals surface area contributed by atoms with Gasteiger partial charge in [-0.25, -0.2) is 72.1 Å². The first-order valence-electron chi connectivity index (χ1n) is 11.8. The summed E-state index contributed by atoms with van der Waals surface area (Å²) in [5.74, 6) is -29.6. The Morgan fingerprint density at radius 2 is 0.750 bits per heavy atom. The van der Waals surface area contributed by atoms with Gasteiger partial charge in [-0.1, -0.05) is 0 Å². The van der Waals surface area contributed by atoms with Crippen molar-refractivity contribution >= 4 is 28.3 Å². The first-order valence-corrected chi connectivity index (χ1v) is 11.8. The first kappa shape index (κ1) is 33.9. The molecule has 6 nitrogen and oxygen atoms in total. The van der Waals surface area contributed by atoms with E-state index in [4.69, 9.17) is 31.6 Å². The van der Waals surface area contributed by atoms with Gasteiger partial charge in [0.05, 0.1) is 48.6 Å². The van der Waals surface area contributed by atoms with Crippen LogP contribution < -0.4 is 0 Å². The third-order valence-electron chi connectivity index (χ3n) is 6.55. The molecule has 0 saturated heterocycles. The third-order valence-corrected chi connectivity index (χ3v) is 6.55. The van der Waals surface area contributed by atoms with Gasteiger partial charge in [0, 0.05) is 0 Å². The highest BCUT2D eigenvalue weighted by Gasteiger charge is 2.46. The van der Waals surface area contributed by atoms with E-state index >= 15 is 26.3 Å². The van der Waals surface area contributed by atoms with Crippen molar-refractivity contribution in [3.63, 3.8) is 0 Å². The molecule has 1 aliphatic carbocycles. The number of hydrogen-bond acceptors (Lipinski definition) is 2. The Balaban J connectivity index is 2.38. The lowest BCUT2D eigenvalue weighted by Crippen LogP contribution is -2.06. The van der Waals surface area contributed by atoms with E-state index in [1.54, 1.807) is 0 Å². The summed E-state index contributed by atoms with van der Waals surface area (Å²) in [6.07, 6.45) is 0. The molecule has 48 heavy (non-hydrogen) atoms. The van der Waals surface area contributed by atoms with Crippen molar-refractivity contribution in [2.24, 2.45) is 0 Å². The number of benzene rings is 3. The van der Waals surface area contributed by atoms with Crippen molar-refractivity contribution in [3.8, 4) is 12.1 Å². The second-order valence-corrected chi connectivity index (χ2v) is 8.83. The Bertz CT molecular complexity index is 2070. The van der Waals surface area contributed by atoms with Gasteiger partial charge < -0.3 is 0 Å². The van der Waals surface area contributed by atoms with Crippen LogP contribution >= 0.6 is 0 Å². The number of allylic oxidation sites excluding steroid dienone is 4. The van der Waals surface area contributed by atoms with Gasteiger partial charge >= 0.3 is 0 Å². The van der Waals surface area contributed by atoms with Crippen molar-refractivity contribution in [2.45, 2.75) is 0 Å². The average molecular weight is 672 g/mol. The summed E-state index contributed by atoms with van der Waals surface area (Å²) in [7, 11) is 0. The zero-order valence-electron chi connectivity index (χ0n) is 22.2. The van der Waals surface area contributed by atoms with Crippen LogP contribution in [-0.4, -0.2) is 0 Å². The van der Waals surface area contributed by atoms with E-state index in [-0.39, 0.29) is 0 Å². The van der Waals surface area contributed by atoms with Gasteiger partial charge in [0.1, 0.15) is 41.0 Å². The van der Waals surface area contributed by atoms with E-state index in [0.29, 0.717) is 0 Å². The Morgan fingerprint density at radius 1 is 0.438 bits per heavy atom. The van der Waals surface area contributed by atoms with Gasteiger partial charge in [-0.3, -0.25) is 0 Å². The number of rotatable bonds is 3. The monoisotopic (exact) mass is 672 g/mol. The normalized spacial score (nSPS) is 14.9. The summed E-state index contributed by atoms with van der Waals surface area (Å²) < 4.78 is 177. The van der Waals surface area contributed by atoms with Crippen molar-refractivity contribution in [3.05, 3.63) is 154 Å². The maximum Gasteiger partial charge on any atom is 0.262 e. The number of hydrogen-bond donors (Lipinski definition) is 0. The van der Waals surface area contributed by atoms with Crippen LogP contribution in [0.2, 0.25) is 0 Å². The van der Waals surface area contributed by atoms with Crippen molar-refractivity contribution < 1.29 is 52.7 Å². The molecule has 234 valence electrons. The second-order valence-electron chi connectivity index (χ2n) is 8.83. The number of nitrogens with zero attached hydrogens (tertiary/aromatic N) is 6. The van der Waals surface area contributed by atoms with E-state index in [0.717, 1.165) is 12.1 Å². The minimum Gasteiger partial charge on any atom is -0.237 e. The van der Waals surface area contributed by atoms with Gasteiger partial charge in [0.2, 0.25) is 11.4 Å². The summed E-state index contributed by atoms with van der Waals surface area (Å²) in [5, 5.41) is 18.7. The first-order chi connectivity index (χ1) is 22.6. The largest absolute Gasteiger partial charge is 0.262 e. The molecule has 0 amide bonds. The van der Waals surface area contributed by atoms with E-state index in [1.807, 2.05) is 0 Å². The van der Waals surface area contributed by atoms with Gasteiger partial charge in [-0.15, -0.1) is 0 Å². The van der Waals surface area contributed by atoms with E-state index in [2.05, 4.69) is 19.4 Å². The van der Waals surface area contributed by atoms with Crippen LogP contribution in [0.4, 0.5) is 64.1 Å². The average Bonchev–Trinajstić information content (AvgIpc) is 3.78. The molecule has 0 aliphatic heterocycles. The van der Waals surface area contributed by atoms with Gasteiger partial charge in [-0.2, -0.15) is 10.5 Å². The predicted molar refractivity (Wildman–Crippen MR) is 136 cm³/mol. The summed E-state index contributed by atoms with van der Waals surface area (Å²) in [6.45, 7) is 28.3. The fourth-order valence-corrected chi connectivity index (χ4v) is 4.42. The van der Waals surface area contributed by atoms with Crippen LogP contribution in [0.25, 0.3) is 36.3 Å². The quantitative estimate of drug-likeness (QED) is 0.121. The lowest BCUT2D eigenvalue weighted by Gasteiger charge is -2.08. The number of nitriles is 2. The Kier molecular flexibility index (Phi) is 8.51. The highest BCUT2D eigenvalue weighted by molar-refractivity contribution is 6.10. The maximum atomic E-state index is 15.1. The Labute approximate surface area is 258 Å². The SMILES string of the molecule is [C-]#[N+]/C(=C1/C(=C(C#N)c2c(F)c(F)c(C#N)c(F)c2F)/C1=C(\[N+]#[C-])c1c(F)c(F)c([N+]#[C-])c(F)c1F)c1c(F)c(F)c([N+]#[C-])c(F)c1F. The molecule has 0 radical (unpaired) electrons. The van der Waals surface area contributed by atoms with E-state index < -0.39 is 137 Å². The minimum atomic E-state index is -2.51. The van der Waals surface area contributed by atoms with Gasteiger partial charge in [0.15, 0.2) is 46.5 Å². The standard InChI is InChI=1S/C30F12N6/c1-45-27(13-19(35)23(39)29(47-3)24(40)20(13)36)11-9(7(5-43)10-17(33)15(31)8(6-44)16(32)18(10)34)12(11)28(46-2)14-21(37)25(41)30(48-4)26(42)22(14)38/b9-7?,27-11-,28-12+. The van der Waals surface area contributed by atoms with Crippen LogP contribution in [0.3, 0.4) is 0 Å². The highest BCUT2D eigenvalue weighted by Crippen LogP contribution is 2.58. The Hall–Kier alpha value is -7.02. The highest BCUT2D eigenvalue weighted by atomic mass is 19.2. The molecular weight excluding hydrogens is 672 g/mol. The molecule has 0 N–H and O–H groups in total. The van der Waals surface area contributed by atoms with Crippen LogP contribution in [0.1, 0.15) is 22.3 Å². The van der Waals surface area contributed by atoms with E-state index in [9.17, 15) is 31.6 Å². The maximum absolute atomic E-state index is 15.1. The zero-order valence-corrected chi connectivity index (χ0v) is 22.2. The van der Waals surface area contributed by atoms with Crippen molar-refractivity contribution in [1.29, 1.82) is 10.5 Å². The zero-order chi connectivity index (χ0) is 36.1. The number of halogens is 12. The molecule has 3 aromatic carbocycles. The molecule has 4 rings (SSSR count). The molecule has 0 unspecified atom stereocenters. The van der Waals surface area contributed by atoms with Crippen LogP contribution in [0, 0.1) is 119 Å². The molecule has 1 saturated carbocycles. The third kappa shape index (κ3) is 4.57. The minimum absolute atomic E-state index is 0.776. The molecule has 18 heteroatoms. The lowest BCUT2D eigenvalue weighted by molar-refractivity contribution is 0.447. The van der Waals surface area contributed by atoms with Crippen LogP contribution in [-0.2, 0) is 0 Å². The topological polar surface area (TPSA) is 65.0 Å². The summed E-state index contributed by atoms with van der Waals surface area (Å²) in [5.41, 5.74) is -21.3. The molecule has 3 aromatic rings. The summed E-state index contributed by atoms with van der Waals surface area (Å²) >= 11 is 0. The van der Waals surface area contributed by atoms with E-state index in [1.165, 1.54) is 0 Å². The molecule has 0 heterocycles. The lowest BCUT2D eigenvalue weighted by atomic mass is 10.00. The second kappa shape index (κ2) is 12.1. The van der Waals surface area contributed by atoms with Gasteiger partial charge in [-0.05, 0) is 16.7 Å². The molecule has 0 atom stereocenters. The fourth-order valence-electron chi connectivity index (χ4n) is 4.42. The molecular formula is C30F12N6. The predicted octanol–water partition coefficient (Wildman–Crippen LogP) is 9.28. The molecule has 0 bridgehead atoms. The smallest absolute Gasteiger partial charge is 0.237 e. The summed E-state index contributed by atoms with van der Waals surface area (Å²) in [6, 6.07) is 1.75. The molecule has 1 fully saturated rings. The molecule has 0 spiro atoms. The fraction of sp³-hybridized carbons (Fsp3) is 0.